The topological polar surface area (TPSA) is 348 Å². The van der Waals surface area contributed by atoms with Gasteiger partial charge in [-0.25, -0.2) is 41.1 Å². The highest BCUT2D eigenvalue weighted by atomic mass is 32.2. The Morgan fingerprint density at radius 1 is 0.681 bits per heavy atom. The molecule has 0 aliphatic carbocycles. The molecule has 0 unspecified atom stereocenters. The number of hydroxylamine groups is 2. The summed E-state index contributed by atoms with van der Waals surface area (Å²) in [4.78, 5) is 59.8. The first-order valence-corrected chi connectivity index (χ1v) is 27.6. The number of primary sulfonamides is 2. The molecule has 1 saturated heterocycles. The van der Waals surface area contributed by atoms with Crippen molar-refractivity contribution in [1.82, 2.24) is 5.06 Å². The van der Waals surface area contributed by atoms with Gasteiger partial charge in [-0.15, -0.1) is 5.06 Å². The van der Waals surface area contributed by atoms with Crippen LogP contribution in [0.5, 0.6) is 0 Å². The fraction of sp³-hybridized carbons (Fsp3) is 0.372. The number of amides is 2. The number of nitrogens with two attached hydrogens (primary N) is 2. The van der Waals surface area contributed by atoms with Gasteiger partial charge in [0.2, 0.25) is 20.0 Å². The number of anilines is 2. The van der Waals surface area contributed by atoms with Gasteiger partial charge < -0.3 is 19.7 Å². The van der Waals surface area contributed by atoms with Crippen molar-refractivity contribution in [3.63, 3.8) is 0 Å². The zero-order valence-electron chi connectivity index (χ0n) is 37.5. The van der Waals surface area contributed by atoms with Gasteiger partial charge in [0.15, 0.2) is 0 Å². The average Bonchev–Trinajstić information content (AvgIpc) is 3.50. The Balaban J connectivity index is 1.58. The summed E-state index contributed by atoms with van der Waals surface area (Å²) < 4.78 is 125. The molecule has 1 aromatic heterocycles. The molecule has 0 radical (unpaired) electrons. The highest BCUT2D eigenvalue weighted by Crippen LogP contribution is 2.49. The number of sulfonamides is 2. The number of benzene rings is 3. The zero-order chi connectivity index (χ0) is 51.0. The zero-order valence-corrected chi connectivity index (χ0v) is 40.7. The number of nitrogens with zero attached hydrogens (tertiary/aromatic N) is 3. The van der Waals surface area contributed by atoms with Crippen molar-refractivity contribution in [3.05, 3.63) is 76.9 Å². The van der Waals surface area contributed by atoms with Crippen LogP contribution in [0.2, 0.25) is 0 Å². The molecule has 7 N–H and O–H groups in total. The smallest absolute Gasteiger partial charge is 0.363 e. The molecule has 2 amide bonds. The molecular weight excluding hydrogens is 987 g/mol. The number of rotatable bonds is 16. The Kier molecular flexibility index (Phi) is 13.2. The van der Waals surface area contributed by atoms with Crippen molar-refractivity contribution in [2.75, 3.05) is 45.9 Å². The number of imide groups is 1. The van der Waals surface area contributed by atoms with Gasteiger partial charge in [-0.2, -0.15) is 16.8 Å². The van der Waals surface area contributed by atoms with Gasteiger partial charge in [0.1, 0.15) is 11.5 Å². The van der Waals surface area contributed by atoms with Crippen molar-refractivity contribution in [2.45, 2.75) is 64.5 Å². The second kappa shape index (κ2) is 17.8. The van der Waals surface area contributed by atoms with Crippen LogP contribution >= 0.6 is 0 Å². The van der Waals surface area contributed by atoms with E-state index in [0.29, 0.717) is 11.4 Å². The minimum Gasteiger partial charge on any atom is -0.478 e. The minimum atomic E-state index is -4.72. The van der Waals surface area contributed by atoms with E-state index in [1.54, 1.807) is 49.6 Å². The highest BCUT2D eigenvalue weighted by Gasteiger charge is 2.40. The molecule has 1 fully saturated rings. The lowest BCUT2D eigenvalue weighted by atomic mass is 9.84. The summed E-state index contributed by atoms with van der Waals surface area (Å²) in [6.07, 6.45) is 2.74. The third kappa shape index (κ3) is 11.1. The Bertz CT molecular complexity index is 3260. The minimum absolute atomic E-state index is 0.0147. The van der Waals surface area contributed by atoms with Crippen LogP contribution < -0.4 is 20.1 Å². The van der Waals surface area contributed by atoms with Gasteiger partial charge in [0.05, 0.1) is 68.0 Å². The van der Waals surface area contributed by atoms with Gasteiger partial charge in [-0.3, -0.25) is 18.7 Å². The van der Waals surface area contributed by atoms with Crippen molar-refractivity contribution < 1.29 is 76.3 Å². The SMILES string of the molecule is CC1(C)C=C(CS(=O)(=O)O)c2cc3c(-c4ccc(C(=O)ON5C(=O)CCC5=O)cc4C(=O)O)c4cc5c(cc4[o+]c3cc2N1CCCS(N)(=O)=O)N(CCCS(N)(=O)=O)C(C)(C)C=C5CS(=O)(=O)O. The number of carboxylic acid groups (broad SMARTS) is 1. The predicted octanol–water partition coefficient (Wildman–Crippen LogP) is 3.55. The normalized spacial score (nSPS) is 17.2. The largest absolute Gasteiger partial charge is 0.478 e. The van der Waals surface area contributed by atoms with E-state index < -0.39 is 104 Å². The summed E-state index contributed by atoms with van der Waals surface area (Å²) in [6, 6.07) is 9.38. The van der Waals surface area contributed by atoms with E-state index in [1.165, 1.54) is 36.4 Å². The van der Waals surface area contributed by atoms with Crippen LogP contribution in [0.1, 0.15) is 85.2 Å². The van der Waals surface area contributed by atoms with Crippen molar-refractivity contribution in [1.29, 1.82) is 0 Å². The Morgan fingerprint density at radius 2 is 1.12 bits per heavy atom. The molecule has 3 aromatic carbocycles. The number of hydrogen-bond donors (Lipinski definition) is 5. The summed E-state index contributed by atoms with van der Waals surface area (Å²) in [5, 5.41) is 22.0. The summed E-state index contributed by atoms with van der Waals surface area (Å²) in [7, 11) is -17.3. The summed E-state index contributed by atoms with van der Waals surface area (Å²) in [5.41, 5.74) is -1.79. The van der Waals surface area contributed by atoms with Crippen LogP contribution in [0.3, 0.4) is 0 Å². The lowest BCUT2D eigenvalue weighted by Gasteiger charge is -2.43. The van der Waals surface area contributed by atoms with E-state index >= 15 is 0 Å². The molecule has 7 rings (SSSR count). The number of carboxylic acids is 1. The van der Waals surface area contributed by atoms with Crippen LogP contribution in [-0.4, -0.2) is 124 Å². The summed E-state index contributed by atoms with van der Waals surface area (Å²) in [6.45, 7) is 6.99. The van der Waals surface area contributed by atoms with Gasteiger partial charge in [0.25, 0.3) is 32.1 Å². The first-order chi connectivity index (χ1) is 31.7. The van der Waals surface area contributed by atoms with Gasteiger partial charge in [-0.05, 0) is 81.5 Å². The van der Waals surface area contributed by atoms with E-state index in [-0.39, 0.29) is 105 Å². The Morgan fingerprint density at radius 3 is 1.51 bits per heavy atom. The maximum Gasteiger partial charge on any atom is 0.363 e. The lowest BCUT2D eigenvalue weighted by Crippen LogP contribution is -2.46. The Labute approximate surface area is 396 Å². The Hall–Kier alpha value is -5.87. The van der Waals surface area contributed by atoms with Crippen molar-refractivity contribution >= 4 is 108 Å². The lowest BCUT2D eigenvalue weighted by molar-refractivity contribution is -0.172. The maximum absolute atomic E-state index is 13.4. The second-order valence-electron chi connectivity index (χ2n) is 18.1. The number of fused-ring (bicyclic) bond motifs is 4. The van der Waals surface area contributed by atoms with E-state index in [2.05, 4.69) is 0 Å². The number of hydrogen-bond acceptors (Lipinski definition) is 15. The molecule has 0 saturated carbocycles. The number of carbonyl (C=O) groups is 4. The molecule has 4 heterocycles. The number of carbonyl (C=O) groups excluding carboxylic acids is 3. The highest BCUT2D eigenvalue weighted by molar-refractivity contribution is 7.89. The molecule has 3 aliphatic heterocycles. The maximum atomic E-state index is 13.4. The summed E-state index contributed by atoms with van der Waals surface area (Å²) >= 11 is 0. The summed E-state index contributed by atoms with van der Waals surface area (Å²) in [5.74, 6) is -7.04. The standard InChI is InChI=1S/C43H47N5O17S4/c1-42(2)20-25(22-68(58,59)60)28-16-31-35(18-33(28)46(42)11-5-13-66(44,54)55)64-36-19-34-29(26(23-69(61,62)63)21-43(3,4)47(34)12-6-14-67(45,56)57)17-32(36)39(31)27-8-7-24(15-30(27)40(51)52)41(53)65-48-37(49)9-10-38(48)50/h7-8,15-21H,5-6,9-14,22-23H2,1-4H3,(H6-,44,45,51,52,54,55,56,57,58,59,60,61,62,63)/p+1. The molecule has 4 aromatic rings. The molecule has 22 nitrogen and oxygen atoms in total. The molecule has 0 bridgehead atoms. The molecule has 69 heavy (non-hydrogen) atoms. The van der Waals surface area contributed by atoms with Crippen molar-refractivity contribution in [3.8, 4) is 11.1 Å². The number of aromatic carboxylic acids is 1. The van der Waals surface area contributed by atoms with E-state index in [4.69, 9.17) is 19.5 Å². The molecular formula is C43H48N5O17S4+. The second-order valence-corrected chi connectivity index (χ2v) is 24.5. The fourth-order valence-electron chi connectivity index (χ4n) is 9.15. The monoisotopic (exact) mass is 1030 g/mol. The fourth-order valence-corrected chi connectivity index (χ4v) is 11.5. The predicted molar refractivity (Wildman–Crippen MR) is 254 cm³/mol. The quantitative estimate of drug-likeness (QED) is 0.0463. The third-order valence-electron chi connectivity index (χ3n) is 11.9. The van der Waals surface area contributed by atoms with Gasteiger partial charge >= 0.3 is 23.1 Å². The third-order valence-corrected chi connectivity index (χ3v) is 15.0. The van der Waals surface area contributed by atoms with E-state index in [1.807, 2.05) is 0 Å². The first-order valence-electron chi connectivity index (χ1n) is 21.0. The molecule has 370 valence electrons. The van der Waals surface area contributed by atoms with Gasteiger partial charge in [-0.1, -0.05) is 18.2 Å². The van der Waals surface area contributed by atoms with Crippen LogP contribution in [0, 0.1) is 0 Å². The van der Waals surface area contributed by atoms with Crippen LogP contribution in [0.25, 0.3) is 44.2 Å². The molecule has 0 spiro atoms. The first kappa shape index (κ1) is 51.0. The molecule has 3 aliphatic rings. The molecule has 26 heteroatoms. The van der Waals surface area contributed by atoms with Gasteiger partial charge in [0, 0.05) is 42.6 Å². The average molecular weight is 1040 g/mol. The molecule has 0 atom stereocenters. The van der Waals surface area contributed by atoms with E-state index in [0.717, 1.165) is 6.07 Å². The van der Waals surface area contributed by atoms with Crippen LogP contribution in [-0.2, 0) is 54.7 Å². The van der Waals surface area contributed by atoms with Crippen LogP contribution in [0.15, 0.2) is 59.0 Å². The van der Waals surface area contributed by atoms with E-state index in [9.17, 15) is 67.1 Å². The van der Waals surface area contributed by atoms with Crippen molar-refractivity contribution in [2.24, 2.45) is 10.3 Å². The van der Waals surface area contributed by atoms with Crippen LogP contribution in [0.4, 0.5) is 11.4 Å².